The molecule has 1 amide bonds. The quantitative estimate of drug-likeness (QED) is 0.263. The van der Waals surface area contributed by atoms with Crippen molar-refractivity contribution >= 4 is 27.8 Å². The Labute approximate surface area is 205 Å². The fourth-order valence-electron chi connectivity index (χ4n) is 3.44. The van der Waals surface area contributed by atoms with Crippen molar-refractivity contribution in [3.05, 3.63) is 45.7 Å². The number of benzene rings is 1. The third-order valence-corrected chi connectivity index (χ3v) is 6.48. The number of halogens is 1. The Morgan fingerprint density at radius 2 is 1.88 bits per heavy atom. The predicted molar refractivity (Wildman–Crippen MR) is 133 cm³/mol. The molecule has 1 atom stereocenters. The molecule has 0 bridgehead atoms. The lowest BCUT2D eigenvalue weighted by atomic mass is 10.0. The van der Waals surface area contributed by atoms with Crippen molar-refractivity contribution in [3.63, 3.8) is 0 Å². The molecule has 33 heavy (non-hydrogen) atoms. The SMILES string of the molecule is CCCC[C@H](CC)COCCCNC(=O)c1ccc(-n2nc(C(=O)OCC)c(Br)c2C)cc1. The largest absolute Gasteiger partial charge is 0.461 e. The lowest BCUT2D eigenvalue weighted by molar-refractivity contribution is 0.0517. The zero-order valence-corrected chi connectivity index (χ0v) is 21.7. The van der Waals surface area contributed by atoms with E-state index in [9.17, 15) is 9.59 Å². The summed E-state index contributed by atoms with van der Waals surface area (Å²) in [6.45, 7) is 10.3. The normalized spacial score (nSPS) is 11.9. The second kappa shape index (κ2) is 14.2. The third kappa shape index (κ3) is 7.96. The van der Waals surface area contributed by atoms with Crippen LogP contribution in [0.15, 0.2) is 28.7 Å². The van der Waals surface area contributed by atoms with Crippen LogP contribution in [-0.4, -0.2) is 48.0 Å². The van der Waals surface area contributed by atoms with Crippen LogP contribution in [0.4, 0.5) is 0 Å². The second-order valence-electron chi connectivity index (χ2n) is 8.03. The molecule has 7 nitrogen and oxygen atoms in total. The van der Waals surface area contributed by atoms with Gasteiger partial charge in [0.05, 0.1) is 22.5 Å². The first kappa shape index (κ1) is 27.1. The van der Waals surface area contributed by atoms with E-state index in [1.165, 1.54) is 19.3 Å². The number of amides is 1. The Bertz CT molecular complexity index is 896. The monoisotopic (exact) mass is 521 g/mol. The minimum Gasteiger partial charge on any atom is -0.461 e. The molecule has 1 N–H and O–H groups in total. The van der Waals surface area contributed by atoms with E-state index in [2.05, 4.69) is 40.2 Å². The zero-order valence-electron chi connectivity index (χ0n) is 20.2. The lowest BCUT2D eigenvalue weighted by Crippen LogP contribution is -2.25. The van der Waals surface area contributed by atoms with Gasteiger partial charge in [0.25, 0.3) is 5.91 Å². The highest BCUT2D eigenvalue weighted by molar-refractivity contribution is 9.10. The molecule has 0 aliphatic rings. The van der Waals surface area contributed by atoms with E-state index in [1.54, 1.807) is 35.9 Å². The minimum atomic E-state index is -0.475. The number of hydrogen-bond acceptors (Lipinski definition) is 5. The fourth-order valence-corrected chi connectivity index (χ4v) is 3.85. The summed E-state index contributed by atoms with van der Waals surface area (Å²) in [5.41, 5.74) is 2.33. The summed E-state index contributed by atoms with van der Waals surface area (Å²) in [6, 6.07) is 7.11. The van der Waals surface area contributed by atoms with E-state index >= 15 is 0 Å². The van der Waals surface area contributed by atoms with Gasteiger partial charge >= 0.3 is 5.97 Å². The maximum Gasteiger partial charge on any atom is 0.360 e. The molecular formula is C25H36BrN3O4. The number of aromatic nitrogens is 2. The van der Waals surface area contributed by atoms with E-state index in [0.29, 0.717) is 29.1 Å². The van der Waals surface area contributed by atoms with Gasteiger partial charge in [-0.15, -0.1) is 0 Å². The van der Waals surface area contributed by atoms with Gasteiger partial charge in [0.2, 0.25) is 0 Å². The summed E-state index contributed by atoms with van der Waals surface area (Å²) in [5.74, 6) is 0.0318. The lowest BCUT2D eigenvalue weighted by Gasteiger charge is -2.14. The van der Waals surface area contributed by atoms with Gasteiger partial charge in [0.15, 0.2) is 5.69 Å². The summed E-state index contributed by atoms with van der Waals surface area (Å²) in [5, 5.41) is 7.30. The Morgan fingerprint density at radius 3 is 2.52 bits per heavy atom. The number of nitrogens with one attached hydrogen (secondary N) is 1. The average molecular weight is 522 g/mol. The predicted octanol–water partition coefficient (Wildman–Crippen LogP) is 5.47. The summed E-state index contributed by atoms with van der Waals surface area (Å²) >= 11 is 3.42. The molecule has 0 saturated carbocycles. The number of ether oxygens (including phenoxy) is 2. The Balaban J connectivity index is 1.84. The summed E-state index contributed by atoms with van der Waals surface area (Å²) in [7, 11) is 0. The first-order valence-corrected chi connectivity index (χ1v) is 12.6. The number of unbranched alkanes of at least 4 members (excludes halogenated alkanes) is 1. The molecule has 0 aliphatic carbocycles. The maximum atomic E-state index is 12.4. The van der Waals surface area contributed by atoms with Crippen molar-refractivity contribution in [2.24, 2.45) is 5.92 Å². The molecule has 0 unspecified atom stereocenters. The number of hydrogen-bond donors (Lipinski definition) is 1. The molecular weight excluding hydrogens is 486 g/mol. The number of nitrogens with zero attached hydrogens (tertiary/aromatic N) is 2. The van der Waals surface area contributed by atoms with Crippen LogP contribution in [0.1, 0.15) is 79.4 Å². The molecule has 1 aromatic carbocycles. The standard InChI is InChI=1S/C25H36BrN3O4/c1-5-8-10-19(6-2)17-32-16-9-15-27-24(30)20-11-13-21(14-12-20)29-18(4)22(26)23(28-29)25(31)33-7-3/h11-14,19H,5-10,15-17H2,1-4H3,(H,27,30)/t19-/m0/s1. The molecule has 2 rings (SSSR count). The van der Waals surface area contributed by atoms with Gasteiger partial charge in [-0.2, -0.15) is 5.10 Å². The van der Waals surface area contributed by atoms with E-state index in [-0.39, 0.29) is 18.2 Å². The molecule has 1 aromatic heterocycles. The van der Waals surface area contributed by atoms with Gasteiger partial charge < -0.3 is 14.8 Å². The van der Waals surface area contributed by atoms with Gasteiger partial charge in [-0.25, -0.2) is 9.48 Å². The van der Waals surface area contributed by atoms with Crippen molar-refractivity contribution in [3.8, 4) is 5.69 Å². The van der Waals surface area contributed by atoms with Crippen molar-refractivity contribution in [2.45, 2.75) is 59.8 Å². The summed E-state index contributed by atoms with van der Waals surface area (Å²) < 4.78 is 13.1. The molecule has 0 spiro atoms. The van der Waals surface area contributed by atoms with Crippen LogP contribution in [0.5, 0.6) is 0 Å². The van der Waals surface area contributed by atoms with Crippen LogP contribution in [0.25, 0.3) is 5.69 Å². The molecule has 182 valence electrons. The van der Waals surface area contributed by atoms with E-state index in [4.69, 9.17) is 9.47 Å². The smallest absolute Gasteiger partial charge is 0.360 e. The molecule has 0 saturated heterocycles. The fraction of sp³-hybridized carbons (Fsp3) is 0.560. The molecule has 1 heterocycles. The van der Waals surface area contributed by atoms with Gasteiger partial charge in [0.1, 0.15) is 0 Å². The highest BCUT2D eigenvalue weighted by Crippen LogP contribution is 2.24. The third-order valence-electron chi connectivity index (χ3n) is 5.53. The van der Waals surface area contributed by atoms with E-state index < -0.39 is 5.97 Å². The van der Waals surface area contributed by atoms with Crippen LogP contribution in [0.2, 0.25) is 0 Å². The average Bonchev–Trinajstić information content (AvgIpc) is 3.12. The summed E-state index contributed by atoms with van der Waals surface area (Å²) in [6.07, 6.45) is 5.62. The molecule has 8 heteroatoms. The molecule has 2 aromatic rings. The van der Waals surface area contributed by atoms with Gasteiger partial charge in [0, 0.05) is 25.3 Å². The van der Waals surface area contributed by atoms with Crippen molar-refractivity contribution < 1.29 is 19.1 Å². The number of carbonyl (C=O) groups is 2. The first-order chi connectivity index (χ1) is 15.9. The molecule has 0 radical (unpaired) electrons. The van der Waals surface area contributed by atoms with E-state index in [0.717, 1.165) is 30.8 Å². The first-order valence-electron chi connectivity index (χ1n) is 11.8. The van der Waals surface area contributed by atoms with Crippen LogP contribution in [-0.2, 0) is 9.47 Å². The minimum absolute atomic E-state index is 0.124. The van der Waals surface area contributed by atoms with Crippen LogP contribution in [0.3, 0.4) is 0 Å². The van der Waals surface area contributed by atoms with E-state index in [1.807, 2.05) is 6.92 Å². The van der Waals surface area contributed by atoms with Crippen LogP contribution < -0.4 is 5.32 Å². The number of carbonyl (C=O) groups excluding carboxylic acids is 2. The Hall–Kier alpha value is -2.19. The Kier molecular flexibility index (Phi) is 11.6. The van der Waals surface area contributed by atoms with Crippen molar-refractivity contribution in [1.82, 2.24) is 15.1 Å². The number of esters is 1. The number of rotatable bonds is 14. The maximum absolute atomic E-state index is 12.4. The van der Waals surface area contributed by atoms with Crippen molar-refractivity contribution in [1.29, 1.82) is 0 Å². The highest BCUT2D eigenvalue weighted by atomic mass is 79.9. The Morgan fingerprint density at radius 1 is 1.15 bits per heavy atom. The van der Waals surface area contributed by atoms with Crippen molar-refractivity contribution in [2.75, 3.05) is 26.4 Å². The van der Waals surface area contributed by atoms with Gasteiger partial charge in [-0.05, 0) is 72.8 Å². The van der Waals surface area contributed by atoms with Crippen LogP contribution >= 0.6 is 15.9 Å². The summed E-state index contributed by atoms with van der Waals surface area (Å²) in [4.78, 5) is 24.5. The zero-order chi connectivity index (χ0) is 24.2. The van der Waals surface area contributed by atoms with Crippen LogP contribution in [0, 0.1) is 12.8 Å². The highest BCUT2D eigenvalue weighted by Gasteiger charge is 2.21. The topological polar surface area (TPSA) is 82.5 Å². The second-order valence-corrected chi connectivity index (χ2v) is 8.82. The van der Waals surface area contributed by atoms with Gasteiger partial charge in [-0.3, -0.25) is 4.79 Å². The molecule has 0 fully saturated rings. The molecule has 0 aliphatic heterocycles. The van der Waals surface area contributed by atoms with Gasteiger partial charge in [-0.1, -0.05) is 33.1 Å².